The van der Waals surface area contributed by atoms with E-state index in [0.29, 0.717) is 0 Å². The average molecular weight is 165 g/mol. The molecule has 4 saturated carbocycles. The third kappa shape index (κ3) is 0.783. The minimum Gasteiger partial charge on any atom is -0.325 e. The zero-order chi connectivity index (χ0) is 8.34. The van der Waals surface area contributed by atoms with Crippen LogP contribution in [0.15, 0.2) is 0 Å². The van der Waals surface area contributed by atoms with E-state index in [4.69, 9.17) is 5.73 Å². The van der Waals surface area contributed by atoms with Crippen molar-refractivity contribution in [3.8, 4) is 0 Å². The van der Waals surface area contributed by atoms with Crippen molar-refractivity contribution in [3.63, 3.8) is 0 Å². The Morgan fingerprint density at radius 3 is 1.75 bits per heavy atom. The topological polar surface area (TPSA) is 26.0 Å². The van der Waals surface area contributed by atoms with E-state index in [1.165, 1.54) is 32.1 Å². The quantitative estimate of drug-likeness (QED) is 0.585. The van der Waals surface area contributed by atoms with E-state index >= 15 is 0 Å². The first-order chi connectivity index (χ1) is 5.66. The van der Waals surface area contributed by atoms with Crippen LogP contribution in [0.1, 0.15) is 39.0 Å². The highest BCUT2D eigenvalue weighted by Crippen LogP contribution is 2.57. The molecule has 4 aliphatic rings. The van der Waals surface area contributed by atoms with E-state index in [9.17, 15) is 0 Å². The molecule has 0 unspecified atom stereocenters. The van der Waals surface area contributed by atoms with Crippen LogP contribution in [0, 0.1) is 23.7 Å². The predicted octanol–water partition coefficient (Wildman–Crippen LogP) is 2.16. The van der Waals surface area contributed by atoms with Crippen LogP contribution < -0.4 is 5.73 Å². The van der Waals surface area contributed by atoms with Crippen LogP contribution in [-0.2, 0) is 0 Å². The van der Waals surface area contributed by atoms with Crippen molar-refractivity contribution < 1.29 is 0 Å². The molecular weight excluding hydrogens is 146 g/mol. The van der Waals surface area contributed by atoms with Gasteiger partial charge in [-0.3, -0.25) is 0 Å². The first-order valence-electron chi connectivity index (χ1n) is 5.45. The highest BCUT2D eigenvalue weighted by molar-refractivity contribution is 5.07. The molecule has 12 heavy (non-hydrogen) atoms. The summed E-state index contributed by atoms with van der Waals surface area (Å²) in [5.41, 5.74) is 6.61. The molecule has 68 valence electrons. The summed E-state index contributed by atoms with van der Waals surface area (Å²) in [5.74, 6) is 3.86. The molecule has 0 radical (unpaired) electrons. The Hall–Kier alpha value is -0.0400. The molecule has 0 saturated heterocycles. The van der Waals surface area contributed by atoms with Gasteiger partial charge in [-0.25, -0.2) is 0 Å². The molecule has 0 heterocycles. The van der Waals surface area contributed by atoms with E-state index in [2.05, 4.69) is 6.92 Å². The molecule has 4 fully saturated rings. The summed E-state index contributed by atoms with van der Waals surface area (Å²) in [6.45, 7) is 2.31. The van der Waals surface area contributed by atoms with Crippen LogP contribution in [0.5, 0.6) is 0 Å². The summed E-state index contributed by atoms with van der Waals surface area (Å²) in [5, 5.41) is 0. The van der Waals surface area contributed by atoms with Crippen molar-refractivity contribution >= 4 is 0 Å². The summed E-state index contributed by atoms with van der Waals surface area (Å²) >= 11 is 0. The molecule has 0 atom stereocenters. The van der Waals surface area contributed by atoms with Crippen LogP contribution in [0.3, 0.4) is 0 Å². The lowest BCUT2D eigenvalue weighted by atomic mass is 9.49. The Kier molecular flexibility index (Phi) is 1.27. The van der Waals surface area contributed by atoms with Gasteiger partial charge in [0.25, 0.3) is 0 Å². The second-order valence-corrected chi connectivity index (χ2v) is 5.67. The van der Waals surface area contributed by atoms with Crippen LogP contribution in [-0.4, -0.2) is 5.54 Å². The monoisotopic (exact) mass is 165 g/mol. The SMILES string of the molecule is CC1(N)C2CC3CC(C2)CC1C3. The fourth-order valence-electron chi connectivity index (χ4n) is 4.20. The molecule has 1 heteroatoms. The van der Waals surface area contributed by atoms with Gasteiger partial charge in [-0.1, -0.05) is 0 Å². The van der Waals surface area contributed by atoms with Crippen molar-refractivity contribution in [1.29, 1.82) is 0 Å². The minimum absolute atomic E-state index is 0.202. The molecule has 1 nitrogen and oxygen atoms in total. The van der Waals surface area contributed by atoms with Gasteiger partial charge < -0.3 is 5.73 Å². The third-order valence-electron chi connectivity index (χ3n) is 4.90. The lowest BCUT2D eigenvalue weighted by Gasteiger charge is -2.58. The van der Waals surface area contributed by atoms with Crippen molar-refractivity contribution in [1.82, 2.24) is 0 Å². The zero-order valence-corrected chi connectivity index (χ0v) is 7.92. The van der Waals surface area contributed by atoms with E-state index in [1.807, 2.05) is 0 Å². The normalized spacial score (nSPS) is 62.5. The van der Waals surface area contributed by atoms with Crippen molar-refractivity contribution in [2.24, 2.45) is 29.4 Å². The Balaban J connectivity index is 1.96. The van der Waals surface area contributed by atoms with E-state index < -0.39 is 0 Å². The first kappa shape index (κ1) is 7.37. The molecule has 2 N–H and O–H groups in total. The predicted molar refractivity (Wildman–Crippen MR) is 49.6 cm³/mol. The fraction of sp³-hybridized carbons (Fsp3) is 1.00. The van der Waals surface area contributed by atoms with Gasteiger partial charge in [-0.2, -0.15) is 0 Å². The molecule has 0 aromatic carbocycles. The molecule has 0 amide bonds. The molecule has 4 bridgehead atoms. The summed E-state index contributed by atoms with van der Waals surface area (Å²) in [6.07, 6.45) is 7.31. The molecule has 0 aromatic rings. The van der Waals surface area contributed by atoms with E-state index in [-0.39, 0.29) is 5.54 Å². The summed E-state index contributed by atoms with van der Waals surface area (Å²) in [6, 6.07) is 0. The Morgan fingerprint density at radius 2 is 1.33 bits per heavy atom. The molecule has 4 aliphatic carbocycles. The van der Waals surface area contributed by atoms with Crippen molar-refractivity contribution in [2.45, 2.75) is 44.6 Å². The van der Waals surface area contributed by atoms with Gasteiger partial charge >= 0.3 is 0 Å². The standard InChI is InChI=1S/C11H19N/c1-11(12)9-3-7-2-8(5-9)6-10(11)4-7/h7-10H,2-6,12H2,1H3. The van der Waals surface area contributed by atoms with Gasteiger partial charge in [0.2, 0.25) is 0 Å². The van der Waals surface area contributed by atoms with Gasteiger partial charge in [-0.05, 0) is 62.7 Å². The summed E-state index contributed by atoms with van der Waals surface area (Å²) < 4.78 is 0. The maximum absolute atomic E-state index is 6.41. The Labute approximate surface area is 74.7 Å². The van der Waals surface area contributed by atoms with Gasteiger partial charge in [0, 0.05) is 5.54 Å². The van der Waals surface area contributed by atoms with Crippen LogP contribution in [0.25, 0.3) is 0 Å². The Bertz CT molecular complexity index is 177. The van der Waals surface area contributed by atoms with Gasteiger partial charge in [0.05, 0.1) is 0 Å². The number of nitrogens with two attached hydrogens (primary N) is 1. The first-order valence-corrected chi connectivity index (χ1v) is 5.45. The molecule has 4 rings (SSSR count). The van der Waals surface area contributed by atoms with Crippen LogP contribution in [0.2, 0.25) is 0 Å². The molecule has 0 aliphatic heterocycles. The molecule has 0 aromatic heterocycles. The maximum Gasteiger partial charge on any atom is 0.0183 e. The molecule has 0 spiro atoms. The number of rotatable bonds is 0. The molecular formula is C11H19N. The number of hydrogen-bond donors (Lipinski definition) is 1. The second-order valence-electron chi connectivity index (χ2n) is 5.67. The third-order valence-corrected chi connectivity index (χ3v) is 4.90. The van der Waals surface area contributed by atoms with E-state index in [0.717, 1.165) is 23.7 Å². The number of hydrogen-bond acceptors (Lipinski definition) is 1. The van der Waals surface area contributed by atoms with Gasteiger partial charge in [-0.15, -0.1) is 0 Å². The van der Waals surface area contributed by atoms with E-state index in [1.54, 1.807) is 0 Å². The lowest BCUT2D eigenvalue weighted by molar-refractivity contribution is -0.0464. The van der Waals surface area contributed by atoms with Crippen LogP contribution >= 0.6 is 0 Å². The fourth-order valence-corrected chi connectivity index (χ4v) is 4.20. The highest BCUT2D eigenvalue weighted by Gasteiger charge is 2.52. The van der Waals surface area contributed by atoms with Gasteiger partial charge in [0.15, 0.2) is 0 Å². The van der Waals surface area contributed by atoms with Crippen molar-refractivity contribution in [2.75, 3.05) is 0 Å². The lowest BCUT2D eigenvalue weighted by Crippen LogP contribution is -2.60. The van der Waals surface area contributed by atoms with Crippen molar-refractivity contribution in [3.05, 3.63) is 0 Å². The maximum atomic E-state index is 6.41. The summed E-state index contributed by atoms with van der Waals surface area (Å²) in [4.78, 5) is 0. The van der Waals surface area contributed by atoms with Crippen LogP contribution in [0.4, 0.5) is 0 Å². The Morgan fingerprint density at radius 1 is 0.917 bits per heavy atom. The minimum atomic E-state index is 0.202. The second kappa shape index (κ2) is 2.06. The largest absolute Gasteiger partial charge is 0.325 e. The smallest absolute Gasteiger partial charge is 0.0183 e. The average Bonchev–Trinajstić information content (AvgIpc) is 1.99. The van der Waals surface area contributed by atoms with Gasteiger partial charge in [0.1, 0.15) is 0 Å². The highest BCUT2D eigenvalue weighted by atomic mass is 14.8. The zero-order valence-electron chi connectivity index (χ0n) is 7.92. The summed E-state index contributed by atoms with van der Waals surface area (Å²) in [7, 11) is 0.